The molecule has 15 heavy (non-hydrogen) atoms. The second kappa shape index (κ2) is 4.65. The van der Waals surface area contributed by atoms with E-state index in [1.807, 2.05) is 20.9 Å². The lowest BCUT2D eigenvalue weighted by Crippen LogP contribution is -2.48. The van der Waals surface area contributed by atoms with E-state index in [1.54, 1.807) is 4.90 Å². The average molecular weight is 208 g/mol. The maximum Gasteiger partial charge on any atom is 0.243 e. The molecule has 1 saturated carbocycles. The summed E-state index contributed by atoms with van der Waals surface area (Å²) in [5.74, 6) is 0.0136. The molecular weight excluding hydrogens is 188 g/mol. The maximum absolute atomic E-state index is 12.2. The van der Waals surface area contributed by atoms with E-state index in [1.165, 1.54) is 6.42 Å². The van der Waals surface area contributed by atoms with Gasteiger partial charge in [0.15, 0.2) is 0 Å². The first-order valence-corrected chi connectivity index (χ1v) is 5.79. The van der Waals surface area contributed by atoms with Crippen LogP contribution in [0.15, 0.2) is 0 Å². The Morgan fingerprint density at radius 3 is 2.27 bits per heavy atom. The van der Waals surface area contributed by atoms with Crippen LogP contribution in [0, 0.1) is 16.7 Å². The van der Waals surface area contributed by atoms with Crippen molar-refractivity contribution in [1.29, 1.82) is 5.26 Å². The monoisotopic (exact) mass is 208 g/mol. The van der Waals surface area contributed by atoms with Crippen molar-refractivity contribution in [2.45, 2.75) is 52.0 Å². The Bertz CT molecular complexity index is 272. The van der Waals surface area contributed by atoms with Crippen LogP contribution in [0.3, 0.4) is 0 Å². The molecule has 1 fully saturated rings. The molecule has 0 aromatic heterocycles. The van der Waals surface area contributed by atoms with Crippen LogP contribution in [0.25, 0.3) is 0 Å². The predicted molar refractivity (Wildman–Crippen MR) is 59.0 cm³/mol. The van der Waals surface area contributed by atoms with Crippen LogP contribution in [0.5, 0.6) is 0 Å². The molecule has 0 aromatic rings. The minimum atomic E-state index is -0.787. The van der Waals surface area contributed by atoms with Gasteiger partial charge in [-0.3, -0.25) is 4.79 Å². The molecule has 0 bridgehead atoms. The highest BCUT2D eigenvalue weighted by atomic mass is 16.2. The van der Waals surface area contributed by atoms with Crippen molar-refractivity contribution in [3.05, 3.63) is 0 Å². The minimum absolute atomic E-state index is 0.0136. The summed E-state index contributed by atoms with van der Waals surface area (Å²) in [6, 6.07) is 2.59. The van der Waals surface area contributed by atoms with E-state index < -0.39 is 5.41 Å². The summed E-state index contributed by atoms with van der Waals surface area (Å²) in [5.41, 5.74) is -0.787. The topological polar surface area (TPSA) is 44.1 Å². The maximum atomic E-state index is 12.2. The molecule has 0 aromatic carbocycles. The van der Waals surface area contributed by atoms with E-state index in [4.69, 9.17) is 0 Å². The zero-order valence-electron chi connectivity index (χ0n) is 9.92. The zero-order valence-corrected chi connectivity index (χ0v) is 9.92. The van der Waals surface area contributed by atoms with Crippen molar-refractivity contribution in [1.82, 2.24) is 4.90 Å². The number of hydrogen-bond donors (Lipinski definition) is 0. The third kappa shape index (κ3) is 1.99. The highest BCUT2D eigenvalue weighted by Gasteiger charge is 2.40. The van der Waals surface area contributed by atoms with Gasteiger partial charge in [0, 0.05) is 13.1 Å². The van der Waals surface area contributed by atoms with Crippen LogP contribution in [0.2, 0.25) is 0 Å². The van der Waals surface area contributed by atoms with Gasteiger partial charge in [0.25, 0.3) is 0 Å². The van der Waals surface area contributed by atoms with Gasteiger partial charge < -0.3 is 4.90 Å². The van der Waals surface area contributed by atoms with E-state index >= 15 is 0 Å². The van der Waals surface area contributed by atoms with E-state index in [0.29, 0.717) is 18.9 Å². The molecule has 0 unspecified atom stereocenters. The molecule has 1 amide bonds. The summed E-state index contributed by atoms with van der Waals surface area (Å²) in [4.78, 5) is 14.0. The lowest BCUT2D eigenvalue weighted by molar-refractivity contribution is -0.141. The third-order valence-electron chi connectivity index (χ3n) is 3.77. The van der Waals surface area contributed by atoms with Gasteiger partial charge in [0.1, 0.15) is 5.41 Å². The highest BCUT2D eigenvalue weighted by Crippen LogP contribution is 2.32. The number of amides is 1. The summed E-state index contributed by atoms with van der Waals surface area (Å²) in [6.45, 7) is 3.83. The molecule has 1 aliphatic rings. The molecule has 0 aliphatic heterocycles. The Morgan fingerprint density at radius 2 is 2.00 bits per heavy atom. The zero-order chi connectivity index (χ0) is 11.5. The van der Waals surface area contributed by atoms with Crippen molar-refractivity contribution in [2.75, 3.05) is 7.05 Å². The lowest BCUT2D eigenvalue weighted by Gasteiger charge is -2.38. The van der Waals surface area contributed by atoms with Gasteiger partial charge in [-0.15, -0.1) is 0 Å². The lowest BCUT2D eigenvalue weighted by atomic mass is 9.81. The number of carbonyl (C=O) groups is 1. The van der Waals surface area contributed by atoms with Gasteiger partial charge in [-0.25, -0.2) is 0 Å². The Hall–Kier alpha value is -1.04. The smallest absolute Gasteiger partial charge is 0.243 e. The molecule has 0 atom stereocenters. The summed E-state index contributed by atoms with van der Waals surface area (Å²) >= 11 is 0. The largest absolute Gasteiger partial charge is 0.341 e. The van der Waals surface area contributed by atoms with E-state index in [-0.39, 0.29) is 5.91 Å². The molecular formula is C12H20N2O. The fourth-order valence-electron chi connectivity index (χ4n) is 2.04. The molecule has 3 nitrogen and oxygen atoms in total. The number of nitrogens with zero attached hydrogens (tertiary/aromatic N) is 2. The van der Waals surface area contributed by atoms with Gasteiger partial charge in [0.2, 0.25) is 5.91 Å². The van der Waals surface area contributed by atoms with Crippen LogP contribution < -0.4 is 0 Å². The van der Waals surface area contributed by atoms with E-state index in [0.717, 1.165) is 12.8 Å². The molecule has 0 saturated heterocycles. The second-order valence-electron chi connectivity index (χ2n) is 4.40. The highest BCUT2D eigenvalue weighted by molar-refractivity contribution is 5.85. The van der Waals surface area contributed by atoms with Crippen molar-refractivity contribution >= 4 is 5.91 Å². The van der Waals surface area contributed by atoms with Crippen LogP contribution >= 0.6 is 0 Å². The number of nitriles is 1. The summed E-state index contributed by atoms with van der Waals surface area (Å²) in [7, 11) is 1.84. The van der Waals surface area contributed by atoms with E-state index in [9.17, 15) is 10.1 Å². The molecule has 0 spiro atoms. The van der Waals surface area contributed by atoms with Crippen LogP contribution in [-0.2, 0) is 4.79 Å². The fourth-order valence-corrected chi connectivity index (χ4v) is 2.04. The first-order valence-electron chi connectivity index (χ1n) is 5.79. The summed E-state index contributed by atoms with van der Waals surface area (Å²) in [5, 5.41) is 9.17. The van der Waals surface area contributed by atoms with Gasteiger partial charge in [0.05, 0.1) is 6.07 Å². The Kier molecular flexibility index (Phi) is 3.73. The SMILES string of the molecule is CCC(C#N)(CC)C(=O)N(C)C1CCC1. The van der Waals surface area contributed by atoms with Crippen LogP contribution in [0.1, 0.15) is 46.0 Å². The van der Waals surface area contributed by atoms with Gasteiger partial charge in [-0.1, -0.05) is 13.8 Å². The average Bonchev–Trinajstić information content (AvgIpc) is 2.18. The third-order valence-corrected chi connectivity index (χ3v) is 3.77. The van der Waals surface area contributed by atoms with Gasteiger partial charge >= 0.3 is 0 Å². The molecule has 0 N–H and O–H groups in total. The molecule has 1 aliphatic carbocycles. The standard InChI is InChI=1S/C12H20N2O/c1-4-12(5-2,9-13)11(15)14(3)10-7-6-8-10/h10H,4-8H2,1-3H3. The van der Waals surface area contributed by atoms with E-state index in [2.05, 4.69) is 6.07 Å². The fraction of sp³-hybridized carbons (Fsp3) is 0.833. The van der Waals surface area contributed by atoms with Crippen molar-refractivity contribution in [2.24, 2.45) is 5.41 Å². The number of hydrogen-bond acceptors (Lipinski definition) is 2. The van der Waals surface area contributed by atoms with Gasteiger partial charge in [-0.2, -0.15) is 5.26 Å². The molecule has 1 rings (SSSR count). The minimum Gasteiger partial charge on any atom is -0.341 e. The Balaban J connectivity index is 2.75. The van der Waals surface area contributed by atoms with Crippen LogP contribution in [-0.4, -0.2) is 23.9 Å². The molecule has 3 heteroatoms. The van der Waals surface area contributed by atoms with Crippen molar-refractivity contribution in [3.63, 3.8) is 0 Å². The van der Waals surface area contributed by atoms with Crippen molar-refractivity contribution < 1.29 is 4.79 Å². The number of carbonyl (C=O) groups excluding carboxylic acids is 1. The Morgan fingerprint density at radius 1 is 1.47 bits per heavy atom. The summed E-state index contributed by atoms with van der Waals surface area (Å²) in [6.07, 6.45) is 4.61. The first kappa shape index (κ1) is 12.0. The van der Waals surface area contributed by atoms with Crippen molar-refractivity contribution in [3.8, 4) is 6.07 Å². The molecule has 0 heterocycles. The second-order valence-corrected chi connectivity index (χ2v) is 4.40. The Labute approximate surface area is 92.1 Å². The quantitative estimate of drug-likeness (QED) is 0.711. The summed E-state index contributed by atoms with van der Waals surface area (Å²) < 4.78 is 0. The first-order chi connectivity index (χ1) is 7.11. The van der Waals surface area contributed by atoms with Crippen LogP contribution in [0.4, 0.5) is 0 Å². The normalized spacial score (nSPS) is 16.7. The predicted octanol–water partition coefficient (Wildman–Crippen LogP) is 2.33. The van der Waals surface area contributed by atoms with Gasteiger partial charge in [-0.05, 0) is 32.1 Å². The molecule has 0 radical (unpaired) electrons. The number of rotatable bonds is 4. The molecule has 84 valence electrons.